The van der Waals surface area contributed by atoms with Crippen LogP contribution < -0.4 is 10.2 Å². The summed E-state index contributed by atoms with van der Waals surface area (Å²) in [6.45, 7) is 4.09. The van der Waals surface area contributed by atoms with E-state index in [1.807, 2.05) is 35.8 Å². The van der Waals surface area contributed by atoms with Crippen LogP contribution >= 0.6 is 11.6 Å². The monoisotopic (exact) mass is 349 g/mol. The average Bonchev–Trinajstić information content (AvgIpc) is 2.96. The maximum Gasteiger partial charge on any atom is 0.404 e. The van der Waals surface area contributed by atoms with Gasteiger partial charge in [-0.25, -0.2) is 4.79 Å². The summed E-state index contributed by atoms with van der Waals surface area (Å²) in [6, 6.07) is 7.60. The van der Waals surface area contributed by atoms with Gasteiger partial charge < -0.3 is 15.3 Å². The summed E-state index contributed by atoms with van der Waals surface area (Å²) < 4.78 is 2.02. The lowest BCUT2D eigenvalue weighted by molar-refractivity contribution is 0.191. The number of nitrogens with zero attached hydrogens (tertiary/aromatic N) is 4. The minimum atomic E-state index is -0.962. The predicted molar refractivity (Wildman–Crippen MR) is 92.1 cm³/mol. The molecule has 1 aromatic heterocycles. The average molecular weight is 350 g/mol. The molecule has 0 atom stereocenters. The van der Waals surface area contributed by atoms with Gasteiger partial charge in [0.25, 0.3) is 0 Å². The summed E-state index contributed by atoms with van der Waals surface area (Å²) >= 11 is 5.97. The molecule has 2 N–H and O–H groups in total. The van der Waals surface area contributed by atoms with E-state index in [-0.39, 0.29) is 0 Å². The molecule has 1 amide bonds. The quantitative estimate of drug-likeness (QED) is 0.886. The predicted octanol–water partition coefficient (Wildman–Crippen LogP) is 2.71. The van der Waals surface area contributed by atoms with Gasteiger partial charge in [0.2, 0.25) is 5.95 Å². The third-order valence-electron chi connectivity index (χ3n) is 4.33. The Balaban J connectivity index is 1.73. The molecule has 0 bridgehead atoms. The molecule has 1 fully saturated rings. The molecule has 2 heterocycles. The highest BCUT2D eigenvalue weighted by Gasteiger charge is 2.24. The van der Waals surface area contributed by atoms with Crippen LogP contribution in [0.2, 0.25) is 5.02 Å². The summed E-state index contributed by atoms with van der Waals surface area (Å²) in [6.07, 6.45) is 0.884. The first-order valence-electron chi connectivity index (χ1n) is 7.94. The molecule has 24 heavy (non-hydrogen) atoms. The van der Waals surface area contributed by atoms with Crippen LogP contribution in [0.5, 0.6) is 0 Å². The minimum Gasteiger partial charge on any atom is -0.465 e. The fourth-order valence-corrected chi connectivity index (χ4v) is 3.14. The molecule has 128 valence electrons. The topological polar surface area (TPSA) is 83.3 Å². The maximum absolute atomic E-state index is 10.6. The third kappa shape index (κ3) is 3.62. The van der Waals surface area contributed by atoms with Crippen molar-refractivity contribution in [3.05, 3.63) is 35.1 Å². The summed E-state index contributed by atoms with van der Waals surface area (Å²) in [5.41, 5.74) is 0.978. The first-order valence-corrected chi connectivity index (χ1v) is 8.32. The van der Waals surface area contributed by atoms with E-state index < -0.39 is 6.09 Å². The van der Waals surface area contributed by atoms with Crippen LogP contribution in [0, 0.1) is 12.8 Å². The van der Waals surface area contributed by atoms with E-state index in [0.29, 0.717) is 17.5 Å². The lowest BCUT2D eigenvalue weighted by Crippen LogP contribution is -2.39. The number of aryl methyl sites for hydroxylation is 1. The number of piperidine rings is 1. The minimum absolute atomic E-state index is 0.366. The highest BCUT2D eigenvalue weighted by atomic mass is 35.5. The zero-order chi connectivity index (χ0) is 17.1. The molecule has 1 aromatic carbocycles. The number of hydrogen-bond acceptors (Lipinski definition) is 4. The van der Waals surface area contributed by atoms with Crippen LogP contribution in [0.4, 0.5) is 10.7 Å². The van der Waals surface area contributed by atoms with Crippen LogP contribution in [0.25, 0.3) is 5.69 Å². The van der Waals surface area contributed by atoms with Crippen LogP contribution in [-0.2, 0) is 0 Å². The second kappa shape index (κ2) is 7.09. The number of rotatable bonds is 4. The second-order valence-corrected chi connectivity index (χ2v) is 6.41. The summed E-state index contributed by atoms with van der Waals surface area (Å²) in [7, 11) is 0. The first kappa shape index (κ1) is 16.6. The molecule has 1 aliphatic rings. The number of anilines is 1. The van der Waals surface area contributed by atoms with Gasteiger partial charge in [0, 0.05) is 24.7 Å². The fourth-order valence-electron chi connectivity index (χ4n) is 3.02. The lowest BCUT2D eigenvalue weighted by atomic mass is 9.97. The van der Waals surface area contributed by atoms with E-state index in [9.17, 15) is 4.79 Å². The number of aromatic nitrogens is 3. The summed E-state index contributed by atoms with van der Waals surface area (Å²) in [4.78, 5) is 12.8. The van der Waals surface area contributed by atoms with E-state index in [1.165, 1.54) is 0 Å². The van der Waals surface area contributed by atoms with Gasteiger partial charge in [-0.15, -0.1) is 10.2 Å². The smallest absolute Gasteiger partial charge is 0.404 e. The van der Waals surface area contributed by atoms with Crippen LogP contribution in [0.3, 0.4) is 0 Å². The zero-order valence-electron chi connectivity index (χ0n) is 13.4. The van der Waals surface area contributed by atoms with Crippen molar-refractivity contribution < 1.29 is 9.90 Å². The molecule has 1 aliphatic heterocycles. The molecule has 3 rings (SSSR count). The van der Waals surface area contributed by atoms with Crippen molar-refractivity contribution in [1.82, 2.24) is 20.1 Å². The number of nitrogens with one attached hydrogen (secondary N) is 1. The fraction of sp³-hybridized carbons (Fsp3) is 0.438. The summed E-state index contributed by atoms with van der Waals surface area (Å²) in [5, 5.41) is 20.4. The molecule has 2 aromatic rings. The number of carboxylic acid groups (broad SMARTS) is 1. The van der Waals surface area contributed by atoms with E-state index in [1.54, 1.807) is 0 Å². The van der Waals surface area contributed by atoms with E-state index >= 15 is 0 Å². The summed E-state index contributed by atoms with van der Waals surface area (Å²) in [5.74, 6) is 2.01. The molecule has 0 unspecified atom stereocenters. The van der Waals surface area contributed by atoms with Crippen LogP contribution in [0.1, 0.15) is 18.7 Å². The molecule has 0 aliphatic carbocycles. The molecule has 0 spiro atoms. The van der Waals surface area contributed by atoms with Gasteiger partial charge in [-0.1, -0.05) is 11.6 Å². The van der Waals surface area contributed by atoms with Gasteiger partial charge in [0.1, 0.15) is 5.82 Å². The number of amides is 1. The molecule has 1 saturated heterocycles. The Morgan fingerprint density at radius 2 is 1.96 bits per heavy atom. The molecule has 0 radical (unpaired) electrons. The third-order valence-corrected chi connectivity index (χ3v) is 4.58. The standard InChI is InChI=1S/C16H20ClN5O2/c1-11-19-20-15(22(11)14-4-2-13(17)3-5-14)21-8-6-12(7-9-21)10-18-16(23)24/h2-5,12,18H,6-10H2,1H3,(H,23,24). The van der Waals surface area contributed by atoms with E-state index in [0.717, 1.165) is 43.4 Å². The molecular weight excluding hydrogens is 330 g/mol. The van der Waals surface area contributed by atoms with Gasteiger partial charge in [0.15, 0.2) is 0 Å². The molecule has 7 nitrogen and oxygen atoms in total. The molecule has 0 saturated carbocycles. The van der Waals surface area contributed by atoms with Gasteiger partial charge in [-0.3, -0.25) is 4.57 Å². The van der Waals surface area contributed by atoms with Gasteiger partial charge in [-0.2, -0.15) is 0 Å². The van der Waals surface area contributed by atoms with E-state index in [4.69, 9.17) is 16.7 Å². The Morgan fingerprint density at radius 1 is 1.29 bits per heavy atom. The maximum atomic E-state index is 10.6. The van der Waals surface area contributed by atoms with Gasteiger partial charge >= 0.3 is 6.09 Å². The SMILES string of the molecule is Cc1nnc(N2CCC(CNC(=O)O)CC2)n1-c1ccc(Cl)cc1. The largest absolute Gasteiger partial charge is 0.465 e. The van der Waals surface area contributed by atoms with Crippen molar-refractivity contribution in [3.8, 4) is 5.69 Å². The Kier molecular flexibility index (Phi) is 4.89. The Bertz CT molecular complexity index is 708. The van der Waals surface area contributed by atoms with Crippen molar-refractivity contribution >= 4 is 23.6 Å². The Labute approximate surface area is 145 Å². The zero-order valence-corrected chi connectivity index (χ0v) is 14.2. The lowest BCUT2D eigenvalue weighted by Gasteiger charge is -2.32. The van der Waals surface area contributed by atoms with Crippen LogP contribution in [-0.4, -0.2) is 45.6 Å². The highest BCUT2D eigenvalue weighted by molar-refractivity contribution is 6.30. The molecule has 8 heteroatoms. The first-order chi connectivity index (χ1) is 11.5. The van der Waals surface area contributed by atoms with Crippen LogP contribution in [0.15, 0.2) is 24.3 Å². The van der Waals surface area contributed by atoms with Crippen molar-refractivity contribution in [2.75, 3.05) is 24.5 Å². The second-order valence-electron chi connectivity index (χ2n) is 5.98. The Morgan fingerprint density at radius 3 is 2.58 bits per heavy atom. The van der Waals surface area contributed by atoms with Crippen molar-refractivity contribution in [3.63, 3.8) is 0 Å². The highest BCUT2D eigenvalue weighted by Crippen LogP contribution is 2.25. The van der Waals surface area contributed by atoms with Crippen molar-refractivity contribution in [1.29, 1.82) is 0 Å². The number of carbonyl (C=O) groups is 1. The Hall–Kier alpha value is -2.28. The number of hydrogen-bond donors (Lipinski definition) is 2. The normalized spacial score (nSPS) is 15.5. The number of benzene rings is 1. The van der Waals surface area contributed by atoms with E-state index in [2.05, 4.69) is 20.4 Å². The van der Waals surface area contributed by atoms with Crippen molar-refractivity contribution in [2.24, 2.45) is 5.92 Å². The van der Waals surface area contributed by atoms with Gasteiger partial charge in [0.05, 0.1) is 5.69 Å². The molecular formula is C16H20ClN5O2. The number of halogens is 1. The van der Waals surface area contributed by atoms with Gasteiger partial charge in [-0.05, 0) is 49.9 Å². The van der Waals surface area contributed by atoms with Crippen molar-refractivity contribution in [2.45, 2.75) is 19.8 Å².